The summed E-state index contributed by atoms with van der Waals surface area (Å²) in [6.45, 7) is 10.2. The maximum atomic E-state index is 10.1. The van der Waals surface area contributed by atoms with Gasteiger partial charge in [-0.1, -0.05) is 39.0 Å². The molecule has 2 unspecified atom stereocenters. The molecule has 1 aromatic rings. The molecule has 0 saturated heterocycles. The second-order valence-electron chi connectivity index (χ2n) is 6.10. The Bertz CT molecular complexity index is 379. The van der Waals surface area contributed by atoms with E-state index in [4.69, 9.17) is 5.73 Å². The van der Waals surface area contributed by atoms with Gasteiger partial charge in [0.1, 0.15) is 0 Å². The van der Waals surface area contributed by atoms with Crippen molar-refractivity contribution in [3.8, 4) is 0 Å². The second-order valence-corrected chi connectivity index (χ2v) is 6.10. The summed E-state index contributed by atoms with van der Waals surface area (Å²) < 4.78 is 0. The normalized spacial score (nSPS) is 15.7. The maximum absolute atomic E-state index is 10.1. The summed E-state index contributed by atoms with van der Waals surface area (Å²) in [7, 11) is 0. The molecule has 0 fully saturated rings. The number of rotatable bonds is 3. The third-order valence-electron chi connectivity index (χ3n) is 3.34. The molecule has 2 nitrogen and oxygen atoms in total. The highest BCUT2D eigenvalue weighted by Crippen LogP contribution is 2.23. The van der Waals surface area contributed by atoms with Crippen LogP contribution in [0.5, 0.6) is 0 Å². The zero-order valence-electron chi connectivity index (χ0n) is 11.6. The lowest BCUT2D eigenvalue weighted by molar-refractivity contribution is 0.0406. The van der Waals surface area contributed by atoms with E-state index in [9.17, 15) is 5.11 Å². The van der Waals surface area contributed by atoms with Gasteiger partial charge < -0.3 is 10.8 Å². The lowest BCUT2D eigenvalue weighted by Gasteiger charge is -2.31. The number of aliphatic hydroxyl groups excluding tert-OH is 1. The van der Waals surface area contributed by atoms with E-state index in [2.05, 4.69) is 32.0 Å². The predicted molar refractivity (Wildman–Crippen MR) is 73.1 cm³/mol. The summed E-state index contributed by atoms with van der Waals surface area (Å²) in [4.78, 5) is 0. The van der Waals surface area contributed by atoms with Gasteiger partial charge in [0.2, 0.25) is 0 Å². The minimum absolute atomic E-state index is 0.168. The first-order valence-corrected chi connectivity index (χ1v) is 6.21. The molecule has 3 N–H and O–H groups in total. The van der Waals surface area contributed by atoms with Gasteiger partial charge in [-0.2, -0.15) is 0 Å². The van der Waals surface area contributed by atoms with Crippen LogP contribution in [0.25, 0.3) is 0 Å². The highest BCUT2D eigenvalue weighted by molar-refractivity contribution is 5.30. The van der Waals surface area contributed by atoms with Crippen LogP contribution in [0.2, 0.25) is 0 Å². The van der Waals surface area contributed by atoms with Gasteiger partial charge >= 0.3 is 0 Å². The number of aryl methyl sites for hydroxylation is 2. The van der Waals surface area contributed by atoms with E-state index < -0.39 is 6.10 Å². The van der Waals surface area contributed by atoms with Crippen molar-refractivity contribution in [2.45, 2.75) is 53.2 Å². The highest BCUT2D eigenvalue weighted by Gasteiger charge is 2.27. The fraction of sp³-hybridized carbons (Fsp3) is 0.600. The van der Waals surface area contributed by atoms with Crippen molar-refractivity contribution in [3.63, 3.8) is 0 Å². The van der Waals surface area contributed by atoms with E-state index in [-0.39, 0.29) is 11.5 Å². The largest absolute Gasteiger partial charge is 0.391 e. The molecule has 2 heteroatoms. The quantitative estimate of drug-likeness (QED) is 0.846. The van der Waals surface area contributed by atoms with Gasteiger partial charge in [-0.15, -0.1) is 0 Å². The molecule has 1 rings (SSSR count). The van der Waals surface area contributed by atoms with Gasteiger partial charge in [0.15, 0.2) is 0 Å². The van der Waals surface area contributed by atoms with Crippen LogP contribution in [0.4, 0.5) is 0 Å². The summed E-state index contributed by atoms with van der Waals surface area (Å²) in [6.07, 6.45) is 0.239. The molecule has 1 aromatic carbocycles. The fourth-order valence-electron chi connectivity index (χ4n) is 1.96. The van der Waals surface area contributed by atoms with Crippen LogP contribution in [-0.4, -0.2) is 17.3 Å². The van der Waals surface area contributed by atoms with Crippen molar-refractivity contribution in [1.82, 2.24) is 0 Å². The van der Waals surface area contributed by atoms with Crippen molar-refractivity contribution in [2.24, 2.45) is 11.1 Å². The lowest BCUT2D eigenvalue weighted by atomic mass is 9.83. The van der Waals surface area contributed by atoms with Gasteiger partial charge in [0.25, 0.3) is 0 Å². The number of aliphatic hydroxyl groups is 1. The third kappa shape index (κ3) is 3.83. The first-order chi connectivity index (χ1) is 7.71. The Morgan fingerprint density at radius 3 is 2.24 bits per heavy atom. The van der Waals surface area contributed by atoms with E-state index in [0.717, 1.165) is 6.42 Å². The van der Waals surface area contributed by atoms with Crippen LogP contribution < -0.4 is 5.73 Å². The number of benzene rings is 1. The van der Waals surface area contributed by atoms with E-state index in [0.29, 0.717) is 0 Å². The Morgan fingerprint density at radius 1 is 1.18 bits per heavy atom. The van der Waals surface area contributed by atoms with Crippen molar-refractivity contribution in [1.29, 1.82) is 0 Å². The van der Waals surface area contributed by atoms with Crippen molar-refractivity contribution >= 4 is 0 Å². The summed E-state index contributed by atoms with van der Waals surface area (Å²) in [5, 5.41) is 10.1. The van der Waals surface area contributed by atoms with Gasteiger partial charge in [-0.25, -0.2) is 0 Å². The lowest BCUT2D eigenvalue weighted by Crippen LogP contribution is -2.44. The van der Waals surface area contributed by atoms with Gasteiger partial charge in [0, 0.05) is 6.04 Å². The second kappa shape index (κ2) is 5.19. The molecule has 96 valence electrons. The molecule has 0 bridgehead atoms. The van der Waals surface area contributed by atoms with Crippen LogP contribution in [0.1, 0.15) is 37.5 Å². The average molecular weight is 235 g/mol. The molecule has 0 aliphatic rings. The minimum atomic E-state index is -0.482. The average Bonchev–Trinajstić information content (AvgIpc) is 2.21. The molecule has 17 heavy (non-hydrogen) atoms. The Labute approximate surface area is 105 Å². The Hall–Kier alpha value is -0.860. The third-order valence-corrected chi connectivity index (χ3v) is 3.34. The molecule has 0 spiro atoms. The Balaban J connectivity index is 2.74. The summed E-state index contributed by atoms with van der Waals surface area (Å²) in [6, 6.07) is 6.15. The van der Waals surface area contributed by atoms with Crippen LogP contribution in [0, 0.1) is 19.3 Å². The van der Waals surface area contributed by atoms with Gasteiger partial charge in [-0.05, 0) is 42.4 Å². The van der Waals surface area contributed by atoms with Crippen molar-refractivity contribution in [3.05, 3.63) is 34.9 Å². The van der Waals surface area contributed by atoms with Crippen LogP contribution in [0.3, 0.4) is 0 Å². The summed E-state index contributed by atoms with van der Waals surface area (Å²) in [5.41, 5.74) is 9.67. The van der Waals surface area contributed by atoms with Crippen molar-refractivity contribution in [2.75, 3.05) is 0 Å². The van der Waals surface area contributed by atoms with E-state index in [1.165, 1.54) is 16.7 Å². The molecule has 0 aromatic heterocycles. The molecule has 0 radical (unpaired) electrons. The predicted octanol–water partition coefficient (Wildman–Crippen LogP) is 2.58. The van der Waals surface area contributed by atoms with Crippen LogP contribution in [0.15, 0.2) is 18.2 Å². The monoisotopic (exact) mass is 235 g/mol. The smallest absolute Gasteiger partial charge is 0.0742 e. The van der Waals surface area contributed by atoms with Crippen molar-refractivity contribution < 1.29 is 5.11 Å². The first kappa shape index (κ1) is 14.2. The number of hydrogen-bond acceptors (Lipinski definition) is 2. The summed E-state index contributed by atoms with van der Waals surface area (Å²) >= 11 is 0. The zero-order valence-corrected chi connectivity index (χ0v) is 11.6. The van der Waals surface area contributed by atoms with E-state index in [1.54, 1.807) is 0 Å². The highest BCUT2D eigenvalue weighted by atomic mass is 16.3. The van der Waals surface area contributed by atoms with Gasteiger partial charge in [0.05, 0.1) is 6.10 Å². The molecule has 0 saturated carbocycles. The number of hydrogen-bond donors (Lipinski definition) is 2. The maximum Gasteiger partial charge on any atom is 0.0742 e. The standard InChI is InChI=1S/C15H25NO/c1-10-6-7-12(8-11(10)2)9-13(16)14(17)15(3,4)5/h6-8,13-14,17H,9,16H2,1-5H3. The number of nitrogens with two attached hydrogens (primary N) is 1. The minimum Gasteiger partial charge on any atom is -0.391 e. The molecule has 0 amide bonds. The molecule has 0 aliphatic carbocycles. The molecule has 0 heterocycles. The molecule has 2 atom stereocenters. The fourth-order valence-corrected chi connectivity index (χ4v) is 1.96. The zero-order chi connectivity index (χ0) is 13.2. The Kier molecular flexibility index (Phi) is 4.34. The summed E-state index contributed by atoms with van der Waals surface area (Å²) in [5.74, 6) is 0. The first-order valence-electron chi connectivity index (χ1n) is 6.21. The Morgan fingerprint density at radius 2 is 1.76 bits per heavy atom. The molecular formula is C15H25NO. The SMILES string of the molecule is Cc1ccc(CC(N)C(O)C(C)(C)C)cc1C. The van der Waals surface area contributed by atoms with Crippen LogP contribution >= 0.6 is 0 Å². The van der Waals surface area contributed by atoms with Crippen LogP contribution in [-0.2, 0) is 6.42 Å². The molecular weight excluding hydrogens is 210 g/mol. The van der Waals surface area contributed by atoms with Gasteiger partial charge in [-0.3, -0.25) is 0 Å². The molecule has 0 aliphatic heterocycles. The van der Waals surface area contributed by atoms with E-state index in [1.807, 2.05) is 20.8 Å². The van der Waals surface area contributed by atoms with E-state index >= 15 is 0 Å². The topological polar surface area (TPSA) is 46.2 Å².